The Bertz CT molecular complexity index is 872. The summed E-state index contributed by atoms with van der Waals surface area (Å²) in [5, 5.41) is 23.8. The standard InChI is InChI=1S/C19H18ClF3N2O2/c1-11-7-8-18(27,14-6-3-9-24-16(11)14)17(26)25-10-12-4-2-5-13(15(12)20)19(21,22)23/h2-6,9,17,25-27H,1,7-8,10H2. The molecule has 2 atom stereocenters. The molecule has 8 heteroatoms. The van der Waals surface area contributed by atoms with Crippen LogP contribution in [0.3, 0.4) is 0 Å². The Hall–Kier alpha value is -1.93. The average Bonchev–Trinajstić information content (AvgIpc) is 2.63. The molecular formula is C19H18ClF3N2O2. The van der Waals surface area contributed by atoms with Crippen LogP contribution < -0.4 is 5.32 Å². The summed E-state index contributed by atoms with van der Waals surface area (Å²) in [7, 11) is 0. The molecule has 0 saturated heterocycles. The maximum absolute atomic E-state index is 13.0. The molecular weight excluding hydrogens is 381 g/mol. The Kier molecular flexibility index (Phi) is 5.31. The maximum atomic E-state index is 13.0. The number of nitrogens with zero attached hydrogens (tertiary/aromatic N) is 1. The van der Waals surface area contributed by atoms with Crippen molar-refractivity contribution in [2.75, 3.05) is 0 Å². The van der Waals surface area contributed by atoms with Crippen LogP contribution in [0.1, 0.15) is 35.2 Å². The van der Waals surface area contributed by atoms with E-state index in [4.69, 9.17) is 11.6 Å². The molecule has 1 aliphatic carbocycles. The van der Waals surface area contributed by atoms with E-state index in [1.54, 1.807) is 18.3 Å². The zero-order valence-electron chi connectivity index (χ0n) is 14.2. The third-order valence-corrected chi connectivity index (χ3v) is 5.19. The van der Waals surface area contributed by atoms with Crippen molar-refractivity contribution in [2.45, 2.75) is 37.4 Å². The number of nitrogens with one attached hydrogen (secondary N) is 1. The molecule has 2 aromatic rings. The van der Waals surface area contributed by atoms with Crippen LogP contribution in [0, 0.1) is 0 Å². The Morgan fingerprint density at radius 3 is 2.74 bits per heavy atom. The molecule has 0 saturated carbocycles. The fraction of sp³-hybridized carbons (Fsp3) is 0.316. The summed E-state index contributed by atoms with van der Waals surface area (Å²) < 4.78 is 38.9. The molecule has 1 heterocycles. The van der Waals surface area contributed by atoms with Gasteiger partial charge in [0.05, 0.1) is 16.3 Å². The number of hydrogen-bond donors (Lipinski definition) is 3. The lowest BCUT2D eigenvalue weighted by Gasteiger charge is -2.38. The van der Waals surface area contributed by atoms with Crippen molar-refractivity contribution in [3.63, 3.8) is 0 Å². The summed E-state index contributed by atoms with van der Waals surface area (Å²) in [4.78, 5) is 4.20. The zero-order valence-corrected chi connectivity index (χ0v) is 15.0. The number of alkyl halides is 3. The van der Waals surface area contributed by atoms with Crippen LogP contribution in [-0.2, 0) is 18.3 Å². The van der Waals surface area contributed by atoms with Gasteiger partial charge in [0, 0.05) is 18.3 Å². The number of rotatable bonds is 4. The first-order valence-electron chi connectivity index (χ1n) is 8.26. The zero-order chi connectivity index (χ0) is 19.8. The summed E-state index contributed by atoms with van der Waals surface area (Å²) >= 11 is 5.87. The summed E-state index contributed by atoms with van der Waals surface area (Å²) in [5.74, 6) is 0. The number of fused-ring (bicyclic) bond motifs is 1. The third kappa shape index (κ3) is 3.73. The van der Waals surface area contributed by atoms with E-state index in [2.05, 4.69) is 16.9 Å². The molecule has 3 rings (SSSR count). The van der Waals surface area contributed by atoms with Gasteiger partial charge in [-0.3, -0.25) is 10.3 Å². The average molecular weight is 399 g/mol. The van der Waals surface area contributed by atoms with Crippen molar-refractivity contribution in [1.29, 1.82) is 0 Å². The van der Waals surface area contributed by atoms with Crippen molar-refractivity contribution in [3.8, 4) is 0 Å². The second kappa shape index (κ2) is 7.24. The highest BCUT2D eigenvalue weighted by Crippen LogP contribution is 2.41. The Labute approximate surface area is 159 Å². The largest absolute Gasteiger partial charge is 0.417 e. The normalized spacial score (nSPS) is 21.0. The van der Waals surface area contributed by atoms with Gasteiger partial charge in [-0.05, 0) is 36.1 Å². The summed E-state index contributed by atoms with van der Waals surface area (Å²) in [6.07, 6.45) is -3.80. The van der Waals surface area contributed by atoms with Gasteiger partial charge < -0.3 is 10.2 Å². The second-order valence-corrected chi connectivity index (χ2v) is 6.87. The maximum Gasteiger partial charge on any atom is 0.417 e. The summed E-state index contributed by atoms with van der Waals surface area (Å²) in [6, 6.07) is 6.86. The van der Waals surface area contributed by atoms with Crippen LogP contribution in [0.4, 0.5) is 13.2 Å². The van der Waals surface area contributed by atoms with E-state index in [0.717, 1.165) is 11.6 Å². The fourth-order valence-corrected chi connectivity index (χ4v) is 3.53. The van der Waals surface area contributed by atoms with E-state index >= 15 is 0 Å². The Balaban J connectivity index is 1.82. The van der Waals surface area contributed by atoms with Crippen LogP contribution in [0.5, 0.6) is 0 Å². The van der Waals surface area contributed by atoms with Gasteiger partial charge in [-0.2, -0.15) is 13.2 Å². The third-order valence-electron chi connectivity index (χ3n) is 4.74. The molecule has 0 spiro atoms. The van der Waals surface area contributed by atoms with Crippen molar-refractivity contribution in [1.82, 2.24) is 10.3 Å². The summed E-state index contributed by atoms with van der Waals surface area (Å²) in [6.45, 7) is 3.77. The summed E-state index contributed by atoms with van der Waals surface area (Å²) in [5.41, 5.74) is -0.719. The van der Waals surface area contributed by atoms with E-state index in [0.29, 0.717) is 17.7 Å². The van der Waals surface area contributed by atoms with Gasteiger partial charge in [0.25, 0.3) is 0 Å². The van der Waals surface area contributed by atoms with Gasteiger partial charge in [-0.25, -0.2) is 0 Å². The van der Waals surface area contributed by atoms with Crippen LogP contribution in [0.2, 0.25) is 5.02 Å². The molecule has 0 bridgehead atoms. The van der Waals surface area contributed by atoms with E-state index in [-0.39, 0.29) is 18.5 Å². The molecule has 4 nitrogen and oxygen atoms in total. The van der Waals surface area contributed by atoms with Crippen LogP contribution >= 0.6 is 11.6 Å². The number of halogens is 4. The predicted molar refractivity (Wildman–Crippen MR) is 95.7 cm³/mol. The van der Waals surface area contributed by atoms with Crippen molar-refractivity contribution in [3.05, 3.63) is 70.5 Å². The highest BCUT2D eigenvalue weighted by atomic mass is 35.5. The minimum absolute atomic E-state index is 0.150. The molecule has 1 aliphatic rings. The topological polar surface area (TPSA) is 65.4 Å². The molecule has 1 aromatic carbocycles. The number of allylic oxidation sites excluding steroid dienone is 1. The van der Waals surface area contributed by atoms with Gasteiger partial charge in [-0.1, -0.05) is 36.4 Å². The van der Waals surface area contributed by atoms with Crippen LogP contribution in [0.15, 0.2) is 43.1 Å². The van der Waals surface area contributed by atoms with Gasteiger partial charge >= 0.3 is 6.18 Å². The number of aliphatic hydroxyl groups is 2. The van der Waals surface area contributed by atoms with E-state index in [1.165, 1.54) is 12.1 Å². The highest BCUT2D eigenvalue weighted by molar-refractivity contribution is 6.32. The lowest BCUT2D eigenvalue weighted by molar-refractivity contribution is -0.137. The van der Waals surface area contributed by atoms with Crippen molar-refractivity contribution < 1.29 is 23.4 Å². The number of pyridine rings is 1. The molecule has 0 aliphatic heterocycles. The first kappa shape index (κ1) is 19.8. The first-order chi connectivity index (χ1) is 12.6. The van der Waals surface area contributed by atoms with Crippen LogP contribution in [-0.4, -0.2) is 21.4 Å². The lowest BCUT2D eigenvalue weighted by atomic mass is 9.78. The SMILES string of the molecule is C=C1CCC(O)(C(O)NCc2cccc(C(F)(F)F)c2Cl)c2cccnc21. The molecule has 0 amide bonds. The molecule has 144 valence electrons. The molecule has 0 radical (unpaired) electrons. The number of aliphatic hydroxyl groups excluding tert-OH is 1. The second-order valence-electron chi connectivity index (χ2n) is 6.49. The quantitative estimate of drug-likeness (QED) is 0.684. The number of benzene rings is 1. The van der Waals surface area contributed by atoms with E-state index in [1.807, 2.05) is 0 Å². The lowest BCUT2D eigenvalue weighted by Crippen LogP contribution is -2.50. The molecule has 2 unspecified atom stereocenters. The van der Waals surface area contributed by atoms with Crippen molar-refractivity contribution >= 4 is 17.2 Å². The van der Waals surface area contributed by atoms with E-state index in [9.17, 15) is 23.4 Å². The minimum atomic E-state index is -4.57. The van der Waals surface area contributed by atoms with Crippen LogP contribution in [0.25, 0.3) is 5.57 Å². The monoisotopic (exact) mass is 398 g/mol. The number of aromatic nitrogens is 1. The number of hydrogen-bond acceptors (Lipinski definition) is 4. The van der Waals surface area contributed by atoms with Crippen molar-refractivity contribution in [2.24, 2.45) is 0 Å². The molecule has 27 heavy (non-hydrogen) atoms. The van der Waals surface area contributed by atoms with Gasteiger partial charge in [0.15, 0.2) is 0 Å². The predicted octanol–water partition coefficient (Wildman–Crippen LogP) is 3.86. The van der Waals surface area contributed by atoms with E-state index < -0.39 is 28.6 Å². The van der Waals surface area contributed by atoms with Gasteiger partial charge in [0.2, 0.25) is 0 Å². The minimum Gasteiger partial charge on any atom is -0.381 e. The molecule has 0 fully saturated rings. The Morgan fingerprint density at radius 1 is 1.30 bits per heavy atom. The first-order valence-corrected chi connectivity index (χ1v) is 8.64. The highest BCUT2D eigenvalue weighted by Gasteiger charge is 2.42. The molecule has 3 N–H and O–H groups in total. The van der Waals surface area contributed by atoms with Gasteiger partial charge in [-0.15, -0.1) is 0 Å². The fourth-order valence-electron chi connectivity index (χ4n) is 3.23. The molecule has 1 aromatic heterocycles. The van der Waals surface area contributed by atoms with Gasteiger partial charge in [0.1, 0.15) is 11.8 Å². The Morgan fingerprint density at radius 2 is 2.04 bits per heavy atom. The smallest absolute Gasteiger partial charge is 0.381 e.